The molecule has 1 spiro atoms. The number of carbonyl (C=O) groups excluding carboxylic acids is 12. The van der Waals surface area contributed by atoms with Crippen LogP contribution >= 0.6 is 11.6 Å². The average Bonchev–Trinajstić information content (AvgIpc) is 1.42. The van der Waals surface area contributed by atoms with Gasteiger partial charge in [-0.1, -0.05) is 65.0 Å². The second-order valence-electron chi connectivity index (χ2n) is 33.5. The lowest BCUT2D eigenvalue weighted by Crippen LogP contribution is -2.71. The minimum atomic E-state index is -4.57. The van der Waals surface area contributed by atoms with Gasteiger partial charge in [0.1, 0.15) is 53.9 Å². The van der Waals surface area contributed by atoms with Gasteiger partial charge >= 0.3 is 12.4 Å². The Kier molecular flexibility index (Phi) is 30.0. The summed E-state index contributed by atoms with van der Waals surface area (Å²) in [5.41, 5.74) is -2.25. The van der Waals surface area contributed by atoms with Gasteiger partial charge in [-0.25, -0.2) is 0 Å². The molecule has 7 fully saturated rings. The molecule has 8 rings (SSSR count). The molecule has 0 aromatic carbocycles. The summed E-state index contributed by atoms with van der Waals surface area (Å²) in [5.74, 6) is -13.9. The molecule has 0 radical (unpaired) electrons. The Balaban J connectivity index is 1.21. The SMILES string of the molecule is CCC[C@H]1C(=O)N[C@@H](C2CCCC2)C(=O)N(C)CC(=O)N(C)[C@H]2C/C=C\CCN(C2=O)[C@@H](CC2CCC(C(F)(F)F)CC2)C(=O)N(C)CC(=O)N[C@@H](CCC2CCC(C(F)(F)F)C(Cl)C2)C(=O)N2C[C@H](OCC)C[C@H]2C(=O)NC2(CC(C)(C)C2)C(=O)N(C)[C@@H](C2CCCC2)C(=O)N(C)[C@H](C(=O)N(C)C)CC(=O)N1C. The van der Waals surface area contributed by atoms with Gasteiger partial charge in [0.15, 0.2) is 0 Å². The van der Waals surface area contributed by atoms with Crippen LogP contribution in [-0.2, 0) is 62.3 Å². The van der Waals surface area contributed by atoms with Crippen molar-refractivity contribution in [1.82, 2.24) is 60.0 Å². The van der Waals surface area contributed by atoms with E-state index in [0.29, 0.717) is 44.9 Å². The van der Waals surface area contributed by atoms with Crippen LogP contribution < -0.4 is 16.0 Å². The highest BCUT2D eigenvalue weighted by Gasteiger charge is 2.60. The lowest BCUT2D eigenvalue weighted by molar-refractivity contribution is -0.184. The lowest BCUT2D eigenvalue weighted by Gasteiger charge is -2.54. The van der Waals surface area contributed by atoms with Crippen molar-refractivity contribution < 1.29 is 88.6 Å². The molecule has 25 nitrogen and oxygen atoms in total. The predicted octanol–water partition coefficient (Wildman–Crippen LogP) is 7.21. The summed E-state index contributed by atoms with van der Waals surface area (Å²) in [6.45, 7) is 5.77. The normalized spacial score (nSPS) is 32.2. The second-order valence-corrected chi connectivity index (χ2v) is 34.1. The van der Waals surface area contributed by atoms with Crippen LogP contribution in [-0.4, -0.2) is 282 Å². The first-order chi connectivity index (χ1) is 51.1. The summed E-state index contributed by atoms with van der Waals surface area (Å²) in [6, 6.07) is -10.8. The quantitative estimate of drug-likeness (QED) is 0.0991. The zero-order valence-corrected chi connectivity index (χ0v) is 66.5. The number of ether oxygens (including phenoxy) is 1. The number of halogens is 7. The molecule has 0 aromatic heterocycles. The zero-order chi connectivity index (χ0) is 80.5. The van der Waals surface area contributed by atoms with Crippen LogP contribution in [0.1, 0.15) is 195 Å². The number of nitrogens with one attached hydrogen (secondary N) is 3. The number of rotatable bonds is 12. The summed E-state index contributed by atoms with van der Waals surface area (Å²) in [4.78, 5) is 193. The monoisotopic (exact) mass is 1570 g/mol. The first-order valence-electron chi connectivity index (χ1n) is 39.5. The number of hydrogen-bond donors (Lipinski definition) is 3. The van der Waals surface area contributed by atoms with E-state index in [2.05, 4.69) is 16.0 Å². The van der Waals surface area contributed by atoms with Crippen LogP contribution in [0, 0.1) is 40.9 Å². The molecular weight excluding hydrogens is 1450 g/mol. The van der Waals surface area contributed by atoms with Crippen LogP contribution in [0.25, 0.3) is 0 Å². The molecule has 3 N–H and O–H groups in total. The van der Waals surface area contributed by atoms with Crippen LogP contribution in [0.2, 0.25) is 0 Å². The Bertz CT molecular complexity index is 3300. The Hall–Kier alpha value is -6.79. The Morgan fingerprint density at radius 1 is 0.615 bits per heavy atom. The summed E-state index contributed by atoms with van der Waals surface area (Å²) >= 11 is 6.45. The smallest absolute Gasteiger partial charge is 0.377 e. The highest BCUT2D eigenvalue weighted by Crippen LogP contribution is 2.50. The first-order valence-corrected chi connectivity index (χ1v) is 39.9. The second kappa shape index (κ2) is 37.2. The minimum Gasteiger partial charge on any atom is -0.377 e. The topological polar surface area (TPSA) is 279 Å². The number of amides is 12. The summed E-state index contributed by atoms with van der Waals surface area (Å²) in [5, 5.41) is 7.48. The minimum absolute atomic E-state index is 0.0378. The average molecular weight is 1570 g/mol. The maximum Gasteiger partial charge on any atom is 0.393 e. The summed E-state index contributed by atoms with van der Waals surface area (Å²) in [6.07, 6.45) is -2.41. The third kappa shape index (κ3) is 21.3. The Labute approximate surface area is 643 Å². The molecule has 5 saturated carbocycles. The summed E-state index contributed by atoms with van der Waals surface area (Å²) in [7, 11) is 11.2. The van der Waals surface area contributed by atoms with Gasteiger partial charge in [0, 0.05) is 87.9 Å². The number of nitrogens with zero attached hydrogens (tertiary/aromatic N) is 9. The molecular formula is C77H119ClF6N12O13. The van der Waals surface area contributed by atoms with E-state index in [1.165, 1.54) is 85.8 Å². The highest BCUT2D eigenvalue weighted by molar-refractivity contribution is 6.21. The molecule has 3 unspecified atom stereocenters. The van der Waals surface area contributed by atoms with Crippen molar-refractivity contribution in [3.63, 3.8) is 0 Å². The highest BCUT2D eigenvalue weighted by atomic mass is 35.5. The van der Waals surface area contributed by atoms with Crippen molar-refractivity contribution in [3.8, 4) is 0 Å². The van der Waals surface area contributed by atoms with E-state index in [0.717, 1.165) is 27.5 Å². The van der Waals surface area contributed by atoms with Gasteiger partial charge < -0.3 is 64.8 Å². The number of hydrogen-bond acceptors (Lipinski definition) is 13. The molecule has 5 aliphatic carbocycles. The summed E-state index contributed by atoms with van der Waals surface area (Å²) < 4.78 is 91.1. The third-order valence-corrected chi connectivity index (χ3v) is 25.3. The van der Waals surface area contributed by atoms with Gasteiger partial charge in [-0.3, -0.25) is 57.5 Å². The molecule has 0 aromatic rings. The van der Waals surface area contributed by atoms with Gasteiger partial charge in [0.25, 0.3) is 0 Å². The van der Waals surface area contributed by atoms with E-state index in [9.17, 15) is 55.1 Å². The van der Waals surface area contributed by atoms with E-state index in [-0.39, 0.29) is 122 Å². The Morgan fingerprint density at radius 3 is 1.81 bits per heavy atom. The molecule has 3 heterocycles. The van der Waals surface area contributed by atoms with E-state index in [1.807, 2.05) is 13.8 Å². The van der Waals surface area contributed by atoms with Gasteiger partial charge in [0.2, 0.25) is 70.9 Å². The molecule has 12 atom stereocenters. The van der Waals surface area contributed by atoms with Crippen LogP contribution in [0.4, 0.5) is 26.3 Å². The van der Waals surface area contributed by atoms with E-state index in [1.54, 1.807) is 26.0 Å². The van der Waals surface area contributed by atoms with Crippen molar-refractivity contribution in [1.29, 1.82) is 0 Å². The Morgan fingerprint density at radius 2 is 1.23 bits per heavy atom. The number of carbonyl (C=O) groups is 12. The maximum atomic E-state index is 15.8. The van der Waals surface area contributed by atoms with Crippen molar-refractivity contribution in [2.24, 2.45) is 40.9 Å². The molecule has 2 saturated heterocycles. The van der Waals surface area contributed by atoms with Crippen molar-refractivity contribution in [3.05, 3.63) is 12.2 Å². The van der Waals surface area contributed by atoms with Gasteiger partial charge in [-0.05, 0) is 158 Å². The van der Waals surface area contributed by atoms with E-state index >= 15 is 28.8 Å². The molecule has 12 amide bonds. The molecule has 109 heavy (non-hydrogen) atoms. The molecule has 8 aliphatic rings. The molecule has 2 bridgehead atoms. The van der Waals surface area contributed by atoms with Gasteiger partial charge in [-0.15, -0.1) is 11.6 Å². The predicted molar refractivity (Wildman–Crippen MR) is 393 cm³/mol. The number of alkyl halides is 7. The van der Waals surface area contributed by atoms with Crippen LogP contribution in [0.15, 0.2) is 12.2 Å². The first kappa shape index (κ1) is 87.8. The molecule has 32 heteroatoms. The van der Waals surface area contributed by atoms with Crippen molar-refractivity contribution in [2.75, 3.05) is 89.2 Å². The van der Waals surface area contributed by atoms with Crippen molar-refractivity contribution >= 4 is 82.5 Å². The van der Waals surface area contributed by atoms with E-state index in [4.69, 9.17) is 16.3 Å². The largest absolute Gasteiger partial charge is 0.393 e. The van der Waals surface area contributed by atoms with Crippen LogP contribution in [0.5, 0.6) is 0 Å². The third-order valence-electron chi connectivity index (χ3n) is 24.8. The standard InChI is InChI=1S/C77H119ClF6N12O13/c1-13-22-55-65(100)86-63(48-23-17-18-24-48)71(106)90(8)43-62(99)92(10)56-27-16-15-21-36-95(70(56)105)59(38-47-28-32-50(33-29-47)76(79,80)81)69(104)89(7)42-60(97)85-54(35-31-46-30-34-52(53(78)37-46)77(82,83)84)67(102)96-41-51(109-14-2)39-57(96)66(101)87-75(44-74(3,4)45-75)73(108)94(12)64(49-25-19-20-26-49)72(107)93(11)58(68(103)88(5)6)40-61(98)91(55)9/h15-16,46-59,63-64H,13-14,17-45H2,1-12H3,(H,85,97)(H,86,100)(H,87,101)/b16-15-/t46?,47?,50?,51-,52?,53?,54+,55+,56+,57+,58+,59+,63+,64+/m1/s1. The zero-order valence-electron chi connectivity index (χ0n) is 65.8. The lowest BCUT2D eigenvalue weighted by atomic mass is 9.58. The number of likely N-dealkylation sites (N-methyl/N-ethyl adjacent to an activating group) is 7. The van der Waals surface area contributed by atoms with Gasteiger partial charge in [0.05, 0.1) is 37.5 Å². The fourth-order valence-corrected chi connectivity index (χ4v) is 19.3. The molecule has 3 aliphatic heterocycles. The number of fused-ring (bicyclic) bond motifs is 3. The maximum absolute atomic E-state index is 15.8. The fourth-order valence-electron chi connectivity index (χ4n) is 18.8. The van der Waals surface area contributed by atoms with E-state index < -0.39 is 209 Å². The fraction of sp³-hybridized carbons (Fsp3) is 0.818. The van der Waals surface area contributed by atoms with Gasteiger partial charge in [-0.2, -0.15) is 26.3 Å². The molecule has 614 valence electrons. The van der Waals surface area contributed by atoms with Crippen molar-refractivity contribution in [2.45, 2.75) is 272 Å². The van der Waals surface area contributed by atoms with Crippen LogP contribution in [0.3, 0.4) is 0 Å².